The number of carbonyl (C=O) groups is 1. The molecule has 1 atom stereocenters. The van der Waals surface area contributed by atoms with E-state index < -0.39 is 11.7 Å². The Bertz CT molecular complexity index is 1320. The molecule has 0 bridgehead atoms. The van der Waals surface area contributed by atoms with Gasteiger partial charge in [-0.05, 0) is 66.8 Å². The minimum atomic E-state index is -4.33. The molecule has 5 rings (SSSR count). The zero-order chi connectivity index (χ0) is 27.2. The number of esters is 1. The summed E-state index contributed by atoms with van der Waals surface area (Å²) >= 11 is 0. The highest BCUT2D eigenvalue weighted by atomic mass is 32.2. The lowest BCUT2D eigenvalue weighted by atomic mass is 10.0. The number of ether oxygens (including phenoxy) is 1. The Morgan fingerprint density at radius 2 is 1.51 bits per heavy atom. The van der Waals surface area contributed by atoms with E-state index in [4.69, 9.17) is 4.74 Å². The van der Waals surface area contributed by atoms with Crippen LogP contribution >= 0.6 is 10.5 Å². The van der Waals surface area contributed by atoms with E-state index in [1.165, 1.54) is 17.0 Å². The van der Waals surface area contributed by atoms with E-state index in [0.29, 0.717) is 18.6 Å². The molecule has 0 radical (unpaired) electrons. The minimum absolute atomic E-state index is 0.276. The fourth-order valence-electron chi connectivity index (χ4n) is 5.18. The molecule has 8 heteroatoms. The van der Waals surface area contributed by atoms with Gasteiger partial charge < -0.3 is 14.5 Å². The Labute approximate surface area is 230 Å². The molecule has 0 aliphatic carbocycles. The van der Waals surface area contributed by atoms with Crippen molar-refractivity contribution in [1.29, 1.82) is 0 Å². The number of fused-ring (bicyclic) bond motifs is 2. The summed E-state index contributed by atoms with van der Waals surface area (Å²) in [5, 5.41) is 2.30. The number of nitrogens with zero attached hydrogens (tertiary/aromatic N) is 2. The average Bonchev–Trinajstić information content (AvgIpc) is 2.95. The molecule has 2 aliphatic heterocycles. The molecule has 2 heterocycles. The zero-order valence-electron chi connectivity index (χ0n) is 21.8. The second kappa shape index (κ2) is 12.5. The molecule has 0 saturated carbocycles. The summed E-state index contributed by atoms with van der Waals surface area (Å²) < 4.78 is 45.4. The first-order chi connectivity index (χ1) is 18.9. The number of hydrogen-bond donors (Lipinski definition) is 0. The molecular formula is C31H33F3N2O2S. The Morgan fingerprint density at radius 3 is 2.26 bits per heavy atom. The minimum Gasteiger partial charge on any atom is -0.462 e. The number of carbonyl (C=O) groups excluding carboxylic acids is 1. The summed E-state index contributed by atoms with van der Waals surface area (Å²) in [6.07, 6.45) is -2.10. The van der Waals surface area contributed by atoms with Crippen LogP contribution in [0.2, 0.25) is 0 Å². The van der Waals surface area contributed by atoms with Gasteiger partial charge in [0.2, 0.25) is 0 Å². The highest BCUT2D eigenvalue weighted by molar-refractivity contribution is 8.15. The molecule has 2 aliphatic rings. The summed E-state index contributed by atoms with van der Waals surface area (Å²) in [4.78, 5) is 19.2. The predicted molar refractivity (Wildman–Crippen MR) is 150 cm³/mol. The van der Waals surface area contributed by atoms with Gasteiger partial charge in [-0.3, -0.25) is 0 Å². The molecule has 0 aromatic heterocycles. The highest BCUT2D eigenvalue weighted by Crippen LogP contribution is 2.46. The van der Waals surface area contributed by atoms with Crippen molar-refractivity contribution < 1.29 is 22.7 Å². The number of halogens is 3. The third-order valence-electron chi connectivity index (χ3n) is 7.27. The van der Waals surface area contributed by atoms with Crippen LogP contribution in [-0.2, 0) is 17.3 Å². The van der Waals surface area contributed by atoms with Gasteiger partial charge in [-0.2, -0.15) is 13.2 Å². The number of hydrogen-bond acceptors (Lipinski definition) is 4. The van der Waals surface area contributed by atoms with Gasteiger partial charge in [0.1, 0.15) is 0 Å². The molecule has 3 aromatic carbocycles. The second-order valence-corrected chi connectivity index (χ2v) is 11.8. The highest BCUT2D eigenvalue weighted by Gasteiger charge is 2.32. The van der Waals surface area contributed by atoms with E-state index in [2.05, 4.69) is 21.2 Å². The lowest BCUT2D eigenvalue weighted by Gasteiger charge is -2.34. The summed E-state index contributed by atoms with van der Waals surface area (Å²) in [5.74, 6) is -0.276. The van der Waals surface area contributed by atoms with Crippen molar-refractivity contribution in [3.05, 3.63) is 95.1 Å². The fraction of sp³-hybridized carbons (Fsp3) is 0.355. The molecule has 206 valence electrons. The van der Waals surface area contributed by atoms with Gasteiger partial charge in [-0.1, -0.05) is 41.8 Å². The van der Waals surface area contributed by atoms with Crippen LogP contribution in [0, 0.1) is 0 Å². The van der Waals surface area contributed by atoms with E-state index in [0.717, 1.165) is 68.1 Å². The van der Waals surface area contributed by atoms with Crippen LogP contribution in [0.5, 0.6) is 0 Å². The van der Waals surface area contributed by atoms with Crippen LogP contribution in [-0.4, -0.2) is 67.0 Å². The van der Waals surface area contributed by atoms with E-state index >= 15 is 0 Å². The number of alkyl halides is 3. The quantitative estimate of drug-likeness (QED) is 0.144. The first-order valence-electron chi connectivity index (χ1n) is 13.4. The smallest absolute Gasteiger partial charge is 0.416 e. The molecule has 1 fully saturated rings. The fourth-order valence-corrected chi connectivity index (χ4v) is 7.39. The van der Waals surface area contributed by atoms with Crippen molar-refractivity contribution in [1.82, 2.24) is 9.80 Å². The standard InChI is InChI=1S/C31H33F3N2O2S/c32-31(33,34)27-12-13-29-26(23-27)22-25-10-4-5-11-28(25)39(29)21-7-15-36-18-16-35(17-19-36)14-6-20-38-30(37)24-8-2-1-3-9-24/h1-5,8-13,21,23H,6-7,14-20,22H2. The van der Waals surface area contributed by atoms with E-state index in [-0.39, 0.29) is 16.5 Å². The maximum atomic E-state index is 13.3. The molecule has 1 unspecified atom stereocenters. The molecule has 4 nitrogen and oxygen atoms in total. The van der Waals surface area contributed by atoms with E-state index in [1.54, 1.807) is 18.2 Å². The van der Waals surface area contributed by atoms with Gasteiger partial charge in [0, 0.05) is 49.1 Å². The maximum absolute atomic E-state index is 13.3. The van der Waals surface area contributed by atoms with Crippen molar-refractivity contribution in [3.63, 3.8) is 0 Å². The molecule has 3 aromatic rings. The number of benzene rings is 3. The SMILES string of the molecule is O=C(OCCCN1CCN(CCC=S2c3ccccc3Cc3cc(C(F)(F)F)ccc32)CC1)c1ccccc1. The van der Waals surface area contributed by atoms with Gasteiger partial charge in [-0.15, -0.1) is 10.5 Å². The Hall–Kier alpha value is -2.94. The Balaban J connectivity index is 1.11. The molecule has 1 saturated heterocycles. The summed E-state index contributed by atoms with van der Waals surface area (Å²) in [5.41, 5.74) is 1.91. The summed E-state index contributed by atoms with van der Waals surface area (Å²) in [7, 11) is -0.335. The van der Waals surface area contributed by atoms with Crippen LogP contribution in [0.4, 0.5) is 13.2 Å². The Morgan fingerprint density at radius 1 is 0.846 bits per heavy atom. The van der Waals surface area contributed by atoms with Crippen LogP contribution in [0.1, 0.15) is 39.9 Å². The number of piperazine rings is 1. The molecule has 0 spiro atoms. The zero-order valence-corrected chi connectivity index (χ0v) is 22.6. The van der Waals surface area contributed by atoms with Gasteiger partial charge in [-0.25, -0.2) is 4.79 Å². The average molecular weight is 555 g/mol. The maximum Gasteiger partial charge on any atom is 0.416 e. The lowest BCUT2D eigenvalue weighted by Crippen LogP contribution is -2.46. The second-order valence-electron chi connectivity index (χ2n) is 9.94. The van der Waals surface area contributed by atoms with Crippen LogP contribution < -0.4 is 0 Å². The number of rotatable bonds is 8. The van der Waals surface area contributed by atoms with Gasteiger partial charge in [0.15, 0.2) is 0 Å². The topological polar surface area (TPSA) is 32.8 Å². The normalized spacial score (nSPS) is 18.0. The first-order valence-corrected chi connectivity index (χ1v) is 14.7. The lowest BCUT2D eigenvalue weighted by molar-refractivity contribution is -0.137. The summed E-state index contributed by atoms with van der Waals surface area (Å²) in [6.45, 7) is 6.16. The van der Waals surface area contributed by atoms with E-state index in [9.17, 15) is 18.0 Å². The monoisotopic (exact) mass is 554 g/mol. The van der Waals surface area contributed by atoms with Gasteiger partial charge in [0.05, 0.1) is 17.7 Å². The molecule has 39 heavy (non-hydrogen) atoms. The molecule has 0 amide bonds. The van der Waals surface area contributed by atoms with Crippen molar-refractivity contribution >= 4 is 21.8 Å². The van der Waals surface area contributed by atoms with Crippen molar-refractivity contribution in [2.45, 2.75) is 35.2 Å². The molecule has 0 N–H and O–H groups in total. The summed E-state index contributed by atoms with van der Waals surface area (Å²) in [6, 6.07) is 21.4. The van der Waals surface area contributed by atoms with Gasteiger partial charge >= 0.3 is 12.1 Å². The Kier molecular flexibility index (Phi) is 8.85. The van der Waals surface area contributed by atoms with Crippen LogP contribution in [0.15, 0.2) is 82.6 Å². The first kappa shape index (κ1) is 27.6. The largest absolute Gasteiger partial charge is 0.462 e. The van der Waals surface area contributed by atoms with Crippen LogP contribution in [0.25, 0.3) is 0 Å². The van der Waals surface area contributed by atoms with Crippen LogP contribution in [0.3, 0.4) is 0 Å². The van der Waals surface area contributed by atoms with Crippen molar-refractivity contribution in [2.24, 2.45) is 0 Å². The predicted octanol–water partition coefficient (Wildman–Crippen LogP) is 6.35. The van der Waals surface area contributed by atoms with Crippen molar-refractivity contribution in [3.8, 4) is 0 Å². The molecular weight excluding hydrogens is 521 g/mol. The van der Waals surface area contributed by atoms with Crippen molar-refractivity contribution in [2.75, 3.05) is 45.9 Å². The third-order valence-corrected chi connectivity index (χ3v) is 9.58. The van der Waals surface area contributed by atoms with E-state index in [1.807, 2.05) is 36.4 Å². The third kappa shape index (κ3) is 6.99. The van der Waals surface area contributed by atoms with Gasteiger partial charge in [0.25, 0.3) is 0 Å².